The standard InChI is InChI=1S/C8H7ClINO2/c1-13-11-8(12)7-5(9)3-2-4-6(7)10/h2-4H,1H3,(H,11,12). The molecule has 0 aromatic heterocycles. The average molecular weight is 312 g/mol. The predicted molar refractivity (Wildman–Crippen MR) is 58.6 cm³/mol. The molecule has 0 saturated heterocycles. The van der Waals surface area contributed by atoms with Gasteiger partial charge in [-0.05, 0) is 34.7 Å². The quantitative estimate of drug-likeness (QED) is 0.672. The summed E-state index contributed by atoms with van der Waals surface area (Å²) in [5.41, 5.74) is 2.65. The van der Waals surface area contributed by atoms with Gasteiger partial charge in [-0.1, -0.05) is 17.7 Å². The van der Waals surface area contributed by atoms with Gasteiger partial charge in [0.15, 0.2) is 0 Å². The van der Waals surface area contributed by atoms with E-state index in [1.165, 1.54) is 7.11 Å². The van der Waals surface area contributed by atoms with Gasteiger partial charge in [-0.2, -0.15) is 0 Å². The monoisotopic (exact) mass is 311 g/mol. The van der Waals surface area contributed by atoms with Gasteiger partial charge < -0.3 is 0 Å². The highest BCUT2D eigenvalue weighted by molar-refractivity contribution is 14.1. The summed E-state index contributed by atoms with van der Waals surface area (Å²) in [7, 11) is 1.38. The van der Waals surface area contributed by atoms with Crippen LogP contribution in [0.3, 0.4) is 0 Å². The lowest BCUT2D eigenvalue weighted by Crippen LogP contribution is -2.23. The van der Waals surface area contributed by atoms with Crippen molar-refractivity contribution in [3.63, 3.8) is 0 Å². The number of hydroxylamine groups is 1. The van der Waals surface area contributed by atoms with Crippen molar-refractivity contribution >= 4 is 40.1 Å². The van der Waals surface area contributed by atoms with Gasteiger partial charge in [0.1, 0.15) is 0 Å². The first-order valence-electron chi connectivity index (χ1n) is 3.44. The van der Waals surface area contributed by atoms with Gasteiger partial charge in [0.25, 0.3) is 5.91 Å². The van der Waals surface area contributed by atoms with Crippen molar-refractivity contribution in [1.82, 2.24) is 5.48 Å². The number of benzene rings is 1. The molecule has 0 heterocycles. The van der Waals surface area contributed by atoms with E-state index < -0.39 is 0 Å². The molecular weight excluding hydrogens is 304 g/mol. The van der Waals surface area contributed by atoms with E-state index in [1.54, 1.807) is 18.2 Å². The molecule has 1 amide bonds. The summed E-state index contributed by atoms with van der Waals surface area (Å²) in [5.74, 6) is -0.336. The number of carbonyl (C=O) groups is 1. The molecule has 0 aliphatic carbocycles. The van der Waals surface area contributed by atoms with Crippen molar-refractivity contribution in [2.24, 2.45) is 0 Å². The van der Waals surface area contributed by atoms with E-state index >= 15 is 0 Å². The van der Waals surface area contributed by atoms with Crippen molar-refractivity contribution < 1.29 is 9.63 Å². The molecule has 0 saturated carbocycles. The third-order valence-electron chi connectivity index (χ3n) is 1.38. The van der Waals surface area contributed by atoms with Crippen LogP contribution < -0.4 is 5.48 Å². The first-order valence-corrected chi connectivity index (χ1v) is 4.90. The molecule has 0 fully saturated rings. The Morgan fingerprint density at radius 1 is 1.62 bits per heavy atom. The van der Waals surface area contributed by atoms with Crippen LogP contribution in [-0.4, -0.2) is 13.0 Å². The largest absolute Gasteiger partial charge is 0.277 e. The molecule has 1 N–H and O–H groups in total. The van der Waals surface area contributed by atoms with Crippen LogP contribution in [0.1, 0.15) is 10.4 Å². The topological polar surface area (TPSA) is 38.3 Å². The van der Waals surface area contributed by atoms with Crippen LogP contribution in [0.25, 0.3) is 0 Å². The van der Waals surface area contributed by atoms with E-state index in [0.29, 0.717) is 10.6 Å². The van der Waals surface area contributed by atoms with Crippen LogP contribution >= 0.6 is 34.2 Å². The lowest BCUT2D eigenvalue weighted by Gasteiger charge is -2.05. The zero-order chi connectivity index (χ0) is 9.84. The molecule has 3 nitrogen and oxygen atoms in total. The number of rotatable bonds is 2. The molecule has 1 rings (SSSR count). The molecule has 0 radical (unpaired) electrons. The van der Waals surface area contributed by atoms with Crippen molar-refractivity contribution in [2.45, 2.75) is 0 Å². The lowest BCUT2D eigenvalue weighted by molar-refractivity contribution is 0.0537. The maximum Gasteiger partial charge on any atom is 0.277 e. The van der Waals surface area contributed by atoms with Gasteiger partial charge in [0.2, 0.25) is 0 Å². The molecule has 0 unspecified atom stereocenters. The van der Waals surface area contributed by atoms with Crippen molar-refractivity contribution in [3.05, 3.63) is 32.4 Å². The average Bonchev–Trinajstić information content (AvgIpc) is 2.04. The Morgan fingerprint density at radius 3 is 2.85 bits per heavy atom. The van der Waals surface area contributed by atoms with Crippen LogP contribution in [0.15, 0.2) is 18.2 Å². The van der Waals surface area contributed by atoms with Gasteiger partial charge in [-0.25, -0.2) is 5.48 Å². The van der Waals surface area contributed by atoms with E-state index in [1.807, 2.05) is 22.6 Å². The van der Waals surface area contributed by atoms with Crippen LogP contribution in [0.5, 0.6) is 0 Å². The minimum Gasteiger partial charge on any atom is -0.277 e. The second-order valence-electron chi connectivity index (χ2n) is 2.23. The predicted octanol–water partition coefficient (Wildman–Crippen LogP) is 2.24. The Hall–Kier alpha value is -0.330. The smallest absolute Gasteiger partial charge is 0.277 e. The van der Waals surface area contributed by atoms with Gasteiger partial charge in [0, 0.05) is 3.57 Å². The van der Waals surface area contributed by atoms with Crippen LogP contribution in [0, 0.1) is 3.57 Å². The number of carbonyl (C=O) groups excluding carboxylic acids is 1. The Morgan fingerprint density at radius 2 is 2.31 bits per heavy atom. The van der Waals surface area contributed by atoms with E-state index in [0.717, 1.165) is 3.57 Å². The highest BCUT2D eigenvalue weighted by Gasteiger charge is 2.12. The number of hydrogen-bond donors (Lipinski definition) is 1. The number of hydrogen-bond acceptors (Lipinski definition) is 2. The fourth-order valence-corrected chi connectivity index (χ4v) is 2.02. The Labute approximate surface area is 94.5 Å². The highest BCUT2D eigenvalue weighted by Crippen LogP contribution is 2.21. The first kappa shape index (κ1) is 10.7. The van der Waals surface area contributed by atoms with Gasteiger partial charge in [0.05, 0.1) is 17.7 Å². The van der Waals surface area contributed by atoms with E-state index in [9.17, 15) is 4.79 Å². The first-order chi connectivity index (χ1) is 6.16. The summed E-state index contributed by atoms with van der Waals surface area (Å²) < 4.78 is 0.791. The summed E-state index contributed by atoms with van der Waals surface area (Å²) in [4.78, 5) is 15.9. The molecule has 1 aromatic carbocycles. The lowest BCUT2D eigenvalue weighted by atomic mass is 10.2. The Bertz CT molecular complexity index is 310. The Kier molecular flexibility index (Phi) is 3.95. The van der Waals surface area contributed by atoms with Crippen molar-refractivity contribution in [2.75, 3.05) is 7.11 Å². The normalized spacial score (nSPS) is 9.77. The maximum atomic E-state index is 11.4. The highest BCUT2D eigenvalue weighted by atomic mass is 127. The van der Waals surface area contributed by atoms with Crippen molar-refractivity contribution in [1.29, 1.82) is 0 Å². The zero-order valence-electron chi connectivity index (χ0n) is 6.80. The summed E-state index contributed by atoms with van der Waals surface area (Å²) in [6.45, 7) is 0. The van der Waals surface area contributed by atoms with E-state index in [4.69, 9.17) is 11.6 Å². The summed E-state index contributed by atoms with van der Waals surface area (Å²) in [6, 6.07) is 5.25. The van der Waals surface area contributed by atoms with Crippen LogP contribution in [-0.2, 0) is 4.84 Å². The number of amides is 1. The number of nitrogens with one attached hydrogen (secondary N) is 1. The second-order valence-corrected chi connectivity index (χ2v) is 3.80. The molecule has 0 spiro atoms. The van der Waals surface area contributed by atoms with E-state index in [-0.39, 0.29) is 5.91 Å². The van der Waals surface area contributed by atoms with Crippen molar-refractivity contribution in [3.8, 4) is 0 Å². The van der Waals surface area contributed by atoms with Crippen LogP contribution in [0.2, 0.25) is 5.02 Å². The van der Waals surface area contributed by atoms with E-state index in [2.05, 4.69) is 10.3 Å². The van der Waals surface area contributed by atoms with Gasteiger partial charge >= 0.3 is 0 Å². The molecule has 0 atom stereocenters. The zero-order valence-corrected chi connectivity index (χ0v) is 9.72. The molecule has 1 aromatic rings. The fraction of sp³-hybridized carbons (Fsp3) is 0.125. The molecule has 5 heteroatoms. The number of halogens is 2. The third kappa shape index (κ3) is 2.55. The molecule has 0 aliphatic rings. The molecule has 70 valence electrons. The SMILES string of the molecule is CONC(=O)c1c(Cl)cccc1I. The Balaban J connectivity index is 3.05. The second kappa shape index (κ2) is 4.78. The van der Waals surface area contributed by atoms with Crippen LogP contribution in [0.4, 0.5) is 0 Å². The molecule has 13 heavy (non-hydrogen) atoms. The summed E-state index contributed by atoms with van der Waals surface area (Å²) in [5, 5.41) is 0.418. The van der Waals surface area contributed by atoms with Gasteiger partial charge in [-0.3, -0.25) is 9.63 Å². The molecular formula is C8H7ClINO2. The minimum atomic E-state index is -0.336. The third-order valence-corrected chi connectivity index (χ3v) is 2.60. The molecule has 0 aliphatic heterocycles. The van der Waals surface area contributed by atoms with Gasteiger partial charge in [-0.15, -0.1) is 0 Å². The minimum absolute atomic E-state index is 0.336. The fourth-order valence-electron chi connectivity index (χ4n) is 0.858. The molecule has 0 bridgehead atoms. The maximum absolute atomic E-state index is 11.4. The summed E-state index contributed by atoms with van der Waals surface area (Å²) >= 11 is 7.88. The summed E-state index contributed by atoms with van der Waals surface area (Å²) in [6.07, 6.45) is 0.